The van der Waals surface area contributed by atoms with E-state index >= 15 is 0 Å². The zero-order valence-electron chi connectivity index (χ0n) is 16.2. The van der Waals surface area contributed by atoms with Gasteiger partial charge in [-0.1, -0.05) is 30.3 Å². The van der Waals surface area contributed by atoms with Crippen LogP contribution in [0.3, 0.4) is 0 Å². The van der Waals surface area contributed by atoms with Gasteiger partial charge >= 0.3 is 17.5 Å². The minimum atomic E-state index is -0.656. The smallest absolute Gasteiger partial charge is 0.373 e. The monoisotopic (exact) mass is 417 g/mol. The Morgan fingerprint density at radius 2 is 1.84 bits per heavy atom. The Balaban J connectivity index is 1.76. The van der Waals surface area contributed by atoms with Crippen molar-refractivity contribution >= 4 is 34.1 Å². The molecule has 0 radical (unpaired) electrons. The summed E-state index contributed by atoms with van der Waals surface area (Å²) in [6.45, 7) is 0. The molecule has 10 nitrogen and oxygen atoms in total. The number of rotatable bonds is 6. The number of ether oxygens (including phenoxy) is 2. The molecule has 0 aliphatic carbocycles. The lowest BCUT2D eigenvalue weighted by Crippen LogP contribution is -2.08. The van der Waals surface area contributed by atoms with E-state index in [-0.39, 0.29) is 22.9 Å². The number of hydrogen-bond donors (Lipinski definition) is 1. The molecule has 4 aromatic rings. The number of anilines is 2. The van der Waals surface area contributed by atoms with Gasteiger partial charge in [-0.3, -0.25) is 15.1 Å². The highest BCUT2D eigenvalue weighted by Crippen LogP contribution is 2.37. The predicted octanol–water partition coefficient (Wildman–Crippen LogP) is 4.26. The minimum Gasteiger partial charge on any atom is -0.465 e. The number of carbonyl (C=O) groups excluding carboxylic acids is 1. The van der Waals surface area contributed by atoms with Crippen LogP contribution in [0, 0.1) is 10.1 Å². The number of benzene rings is 2. The number of nitrogens with zero attached hydrogens (tertiary/aromatic N) is 4. The zero-order chi connectivity index (χ0) is 21.8. The van der Waals surface area contributed by atoms with Crippen LogP contribution in [0.25, 0.3) is 10.9 Å². The second-order valence-corrected chi connectivity index (χ2v) is 6.23. The van der Waals surface area contributed by atoms with Gasteiger partial charge < -0.3 is 14.8 Å². The van der Waals surface area contributed by atoms with Crippen LogP contribution in [0.1, 0.15) is 10.4 Å². The third-order valence-corrected chi connectivity index (χ3v) is 4.36. The van der Waals surface area contributed by atoms with Crippen LogP contribution in [-0.4, -0.2) is 33.0 Å². The number of nitro groups is 1. The van der Waals surface area contributed by atoms with Gasteiger partial charge in [0.15, 0.2) is 5.75 Å². The average Bonchev–Trinajstić information content (AvgIpc) is 2.79. The van der Waals surface area contributed by atoms with E-state index in [1.165, 1.54) is 13.2 Å². The lowest BCUT2D eigenvalue weighted by atomic mass is 10.2. The summed E-state index contributed by atoms with van der Waals surface area (Å²) >= 11 is 0. The molecule has 0 aliphatic heterocycles. The topological polar surface area (TPSA) is 129 Å². The molecule has 4 rings (SSSR count). The third kappa shape index (κ3) is 3.94. The Kier molecular flexibility index (Phi) is 5.35. The summed E-state index contributed by atoms with van der Waals surface area (Å²) in [5.74, 6) is -0.699. The Bertz CT molecular complexity index is 1290. The van der Waals surface area contributed by atoms with E-state index in [1.54, 1.807) is 42.6 Å². The van der Waals surface area contributed by atoms with Gasteiger partial charge in [0.25, 0.3) is 0 Å². The number of aromatic nitrogens is 3. The molecule has 0 saturated heterocycles. The number of nitrogens with one attached hydrogen (secondary N) is 1. The summed E-state index contributed by atoms with van der Waals surface area (Å²) < 4.78 is 10.5. The number of carbonyl (C=O) groups is 1. The van der Waals surface area contributed by atoms with E-state index in [1.807, 2.05) is 12.1 Å². The van der Waals surface area contributed by atoms with Gasteiger partial charge in [-0.05, 0) is 24.3 Å². The van der Waals surface area contributed by atoms with Gasteiger partial charge in [-0.25, -0.2) is 9.78 Å². The third-order valence-electron chi connectivity index (χ3n) is 4.36. The Labute approximate surface area is 175 Å². The molecule has 0 unspecified atom stereocenters. The quantitative estimate of drug-likeness (QED) is 0.278. The van der Waals surface area contributed by atoms with Crippen LogP contribution < -0.4 is 10.1 Å². The van der Waals surface area contributed by atoms with Crippen LogP contribution >= 0.6 is 0 Å². The van der Waals surface area contributed by atoms with Crippen molar-refractivity contribution in [3.05, 3.63) is 82.8 Å². The summed E-state index contributed by atoms with van der Waals surface area (Å²) in [7, 11) is 1.25. The first kappa shape index (κ1) is 19.7. The maximum absolute atomic E-state index is 12.0. The summed E-state index contributed by atoms with van der Waals surface area (Å²) in [4.78, 5) is 35.4. The molecule has 154 valence electrons. The van der Waals surface area contributed by atoms with Crippen molar-refractivity contribution in [2.45, 2.75) is 0 Å². The van der Waals surface area contributed by atoms with Gasteiger partial charge in [-0.2, -0.15) is 4.98 Å². The SMILES string of the molecule is COC(=O)c1ccccc1Nc1ncnc(Oc2cccc3cccnc23)c1[N+](=O)[O-]. The van der Waals surface area contributed by atoms with Crippen LogP contribution in [-0.2, 0) is 4.74 Å². The summed E-state index contributed by atoms with van der Waals surface area (Å²) in [5.41, 5.74) is 0.520. The zero-order valence-corrected chi connectivity index (χ0v) is 16.2. The van der Waals surface area contributed by atoms with Crippen LogP contribution in [0.2, 0.25) is 0 Å². The molecule has 0 bridgehead atoms. The Morgan fingerprint density at radius 3 is 2.65 bits per heavy atom. The van der Waals surface area contributed by atoms with E-state index in [4.69, 9.17) is 9.47 Å². The first-order chi connectivity index (χ1) is 15.1. The van der Waals surface area contributed by atoms with Crippen LogP contribution in [0.15, 0.2) is 67.1 Å². The molecular weight excluding hydrogens is 402 g/mol. The molecule has 0 spiro atoms. The molecule has 0 amide bonds. The second kappa shape index (κ2) is 8.41. The van der Waals surface area contributed by atoms with Gasteiger partial charge in [0.1, 0.15) is 11.8 Å². The fraction of sp³-hybridized carbons (Fsp3) is 0.0476. The fourth-order valence-electron chi connectivity index (χ4n) is 2.96. The number of esters is 1. The molecule has 2 aromatic heterocycles. The highest BCUT2D eigenvalue weighted by Gasteiger charge is 2.27. The lowest BCUT2D eigenvalue weighted by Gasteiger charge is -2.12. The normalized spacial score (nSPS) is 10.5. The largest absolute Gasteiger partial charge is 0.465 e. The van der Waals surface area contributed by atoms with Crippen molar-refractivity contribution < 1.29 is 19.2 Å². The maximum atomic E-state index is 12.0. The van der Waals surface area contributed by atoms with Crippen LogP contribution in [0.5, 0.6) is 11.6 Å². The standard InChI is InChI=1S/C21H15N5O5/c1-30-21(27)14-8-2-3-9-15(14)25-19-18(26(28)29)20(24-12-23-19)31-16-10-4-6-13-7-5-11-22-17(13)16/h2-12H,1H3,(H,23,24,25). The average molecular weight is 417 g/mol. The van der Waals surface area contributed by atoms with E-state index in [0.717, 1.165) is 11.7 Å². The summed E-state index contributed by atoms with van der Waals surface area (Å²) in [6, 6.07) is 15.3. The molecular formula is C21H15N5O5. The number of pyridine rings is 1. The van der Waals surface area contributed by atoms with Crippen molar-refractivity contribution in [1.29, 1.82) is 0 Å². The lowest BCUT2D eigenvalue weighted by molar-refractivity contribution is -0.385. The van der Waals surface area contributed by atoms with Crippen molar-refractivity contribution in [3.63, 3.8) is 0 Å². The van der Waals surface area contributed by atoms with Gasteiger partial charge in [0.2, 0.25) is 5.82 Å². The summed E-state index contributed by atoms with van der Waals surface area (Å²) in [6.07, 6.45) is 2.73. The predicted molar refractivity (Wildman–Crippen MR) is 112 cm³/mol. The van der Waals surface area contributed by atoms with Gasteiger partial charge in [-0.15, -0.1) is 0 Å². The van der Waals surface area contributed by atoms with Crippen molar-refractivity contribution in [3.8, 4) is 11.6 Å². The molecule has 0 atom stereocenters. The number of methoxy groups -OCH3 is 1. The van der Waals surface area contributed by atoms with Gasteiger partial charge in [0.05, 0.1) is 23.3 Å². The number of fused-ring (bicyclic) bond motifs is 1. The van der Waals surface area contributed by atoms with E-state index < -0.39 is 16.6 Å². The van der Waals surface area contributed by atoms with E-state index in [0.29, 0.717) is 11.3 Å². The van der Waals surface area contributed by atoms with Crippen molar-refractivity contribution in [2.24, 2.45) is 0 Å². The maximum Gasteiger partial charge on any atom is 0.373 e. The van der Waals surface area contributed by atoms with E-state index in [9.17, 15) is 14.9 Å². The molecule has 1 N–H and O–H groups in total. The number of hydrogen-bond acceptors (Lipinski definition) is 9. The van der Waals surface area contributed by atoms with Crippen molar-refractivity contribution in [2.75, 3.05) is 12.4 Å². The van der Waals surface area contributed by atoms with Crippen molar-refractivity contribution in [1.82, 2.24) is 15.0 Å². The molecule has 0 aliphatic rings. The molecule has 2 aromatic carbocycles. The molecule has 2 heterocycles. The minimum absolute atomic E-state index is 0.139. The molecule has 0 fully saturated rings. The summed E-state index contributed by atoms with van der Waals surface area (Å²) in [5, 5.41) is 15.5. The highest BCUT2D eigenvalue weighted by atomic mass is 16.6. The second-order valence-electron chi connectivity index (χ2n) is 6.23. The first-order valence-corrected chi connectivity index (χ1v) is 9.04. The van der Waals surface area contributed by atoms with Gasteiger partial charge in [0, 0.05) is 11.6 Å². The van der Waals surface area contributed by atoms with E-state index in [2.05, 4.69) is 20.3 Å². The molecule has 0 saturated carbocycles. The highest BCUT2D eigenvalue weighted by molar-refractivity contribution is 5.96. The Hall–Kier alpha value is -4.60. The molecule has 10 heteroatoms. The first-order valence-electron chi connectivity index (χ1n) is 9.04. The Morgan fingerprint density at radius 1 is 1.03 bits per heavy atom. The number of para-hydroxylation sites is 2. The van der Waals surface area contributed by atoms with Crippen LogP contribution in [0.4, 0.5) is 17.2 Å². The molecule has 31 heavy (non-hydrogen) atoms. The fourth-order valence-corrected chi connectivity index (χ4v) is 2.96.